The smallest absolute Gasteiger partial charge is 0.416 e. The standard InChI is InChI=1S/C27H23F3N4O3S/c1-17-5-6-18(16-31-17)21-14-19(27(28,29)30)7-9-22(21)26(2)11-13-37-24-15-20(8-10-23(24)26)38(35,36)34-25-4-3-12-32-33-25/h3-10,12,14-16H,11,13H2,1-2H3,(H,33,34). The summed E-state index contributed by atoms with van der Waals surface area (Å²) in [6.07, 6.45) is -1.06. The van der Waals surface area contributed by atoms with E-state index in [-0.39, 0.29) is 17.3 Å². The van der Waals surface area contributed by atoms with Crippen LogP contribution in [-0.4, -0.2) is 30.2 Å². The summed E-state index contributed by atoms with van der Waals surface area (Å²) in [6, 6.07) is 14.8. The van der Waals surface area contributed by atoms with Crippen LogP contribution in [0.3, 0.4) is 0 Å². The molecule has 0 aliphatic carbocycles. The van der Waals surface area contributed by atoms with E-state index in [2.05, 4.69) is 19.9 Å². The van der Waals surface area contributed by atoms with Crippen molar-refractivity contribution < 1.29 is 26.3 Å². The number of nitrogens with one attached hydrogen (secondary N) is 1. The molecular formula is C27H23F3N4O3S. The Bertz CT molecular complexity index is 1590. The Morgan fingerprint density at radius 1 is 1.03 bits per heavy atom. The Kier molecular flexibility index (Phi) is 6.34. The maximum Gasteiger partial charge on any atom is 0.416 e. The van der Waals surface area contributed by atoms with Gasteiger partial charge in [0.15, 0.2) is 5.82 Å². The minimum atomic E-state index is -4.51. The van der Waals surface area contributed by atoms with Crippen molar-refractivity contribution >= 4 is 15.8 Å². The molecule has 5 rings (SSSR count). The van der Waals surface area contributed by atoms with E-state index < -0.39 is 27.2 Å². The van der Waals surface area contributed by atoms with Gasteiger partial charge in [-0.15, -0.1) is 5.10 Å². The fourth-order valence-electron chi connectivity index (χ4n) is 4.64. The van der Waals surface area contributed by atoms with Crippen molar-refractivity contribution in [3.05, 3.63) is 95.4 Å². The number of anilines is 1. The number of nitrogens with zero attached hydrogens (tertiary/aromatic N) is 3. The molecule has 196 valence electrons. The SMILES string of the molecule is Cc1ccc(-c2cc(C(F)(F)F)ccc2C2(C)CCOc3cc(S(=O)(=O)Nc4cccnn4)ccc32)cn1. The van der Waals surface area contributed by atoms with E-state index in [1.165, 1.54) is 30.5 Å². The zero-order valence-corrected chi connectivity index (χ0v) is 21.3. The third kappa shape index (κ3) is 4.81. The molecule has 0 bridgehead atoms. The third-order valence-corrected chi connectivity index (χ3v) is 8.04. The van der Waals surface area contributed by atoms with Crippen LogP contribution in [0.15, 0.2) is 78.0 Å². The van der Waals surface area contributed by atoms with Crippen LogP contribution in [0.2, 0.25) is 0 Å². The van der Waals surface area contributed by atoms with Crippen molar-refractivity contribution in [2.45, 2.75) is 36.8 Å². The number of aryl methyl sites for hydroxylation is 1. The molecule has 2 aromatic carbocycles. The fraction of sp³-hybridized carbons (Fsp3) is 0.222. The second-order valence-corrected chi connectivity index (χ2v) is 10.9. The van der Waals surface area contributed by atoms with Crippen LogP contribution in [0.1, 0.15) is 35.7 Å². The van der Waals surface area contributed by atoms with E-state index in [9.17, 15) is 21.6 Å². The number of hydrogen-bond acceptors (Lipinski definition) is 6. The van der Waals surface area contributed by atoms with Crippen LogP contribution >= 0.6 is 0 Å². The van der Waals surface area contributed by atoms with E-state index in [4.69, 9.17) is 4.74 Å². The Morgan fingerprint density at radius 3 is 2.50 bits per heavy atom. The Morgan fingerprint density at radius 2 is 1.82 bits per heavy atom. The molecule has 1 atom stereocenters. The van der Waals surface area contributed by atoms with E-state index in [1.807, 2.05) is 6.92 Å². The predicted octanol–water partition coefficient (Wildman–Crippen LogP) is 5.76. The Labute approximate surface area is 217 Å². The minimum Gasteiger partial charge on any atom is -0.493 e. The van der Waals surface area contributed by atoms with Crippen molar-refractivity contribution in [2.24, 2.45) is 0 Å². The number of rotatable bonds is 5. The zero-order chi connectivity index (χ0) is 27.1. The first kappa shape index (κ1) is 25.7. The van der Waals surface area contributed by atoms with Gasteiger partial charge in [-0.05, 0) is 60.9 Å². The van der Waals surface area contributed by atoms with E-state index in [1.54, 1.807) is 37.4 Å². The lowest BCUT2D eigenvalue weighted by molar-refractivity contribution is -0.137. The molecule has 1 aliphatic heterocycles. The van der Waals surface area contributed by atoms with Gasteiger partial charge in [-0.2, -0.15) is 18.3 Å². The van der Waals surface area contributed by atoms with Crippen LogP contribution in [-0.2, 0) is 21.6 Å². The Balaban J connectivity index is 1.61. The first-order valence-electron chi connectivity index (χ1n) is 11.7. The van der Waals surface area contributed by atoms with Gasteiger partial charge in [0.1, 0.15) is 5.75 Å². The fourth-order valence-corrected chi connectivity index (χ4v) is 5.66. The molecule has 0 fully saturated rings. The lowest BCUT2D eigenvalue weighted by Crippen LogP contribution is -2.32. The molecule has 3 heterocycles. The molecule has 0 saturated carbocycles. The van der Waals surface area contributed by atoms with Gasteiger partial charge in [-0.25, -0.2) is 8.42 Å². The summed E-state index contributed by atoms with van der Waals surface area (Å²) in [4.78, 5) is 4.24. The summed E-state index contributed by atoms with van der Waals surface area (Å²) >= 11 is 0. The number of alkyl halides is 3. The molecule has 7 nitrogen and oxygen atoms in total. The number of benzene rings is 2. The number of aromatic nitrogens is 3. The number of ether oxygens (including phenoxy) is 1. The van der Waals surface area contributed by atoms with Crippen LogP contribution in [0.25, 0.3) is 11.1 Å². The van der Waals surface area contributed by atoms with E-state index >= 15 is 0 Å². The van der Waals surface area contributed by atoms with Gasteiger partial charge in [0, 0.05) is 40.7 Å². The quantitative estimate of drug-likeness (QED) is 0.346. The van der Waals surface area contributed by atoms with Gasteiger partial charge < -0.3 is 4.74 Å². The zero-order valence-electron chi connectivity index (χ0n) is 20.5. The second-order valence-electron chi connectivity index (χ2n) is 9.25. The second kappa shape index (κ2) is 9.39. The molecule has 4 aromatic rings. The monoisotopic (exact) mass is 540 g/mol. The van der Waals surface area contributed by atoms with Gasteiger partial charge in [0.2, 0.25) is 0 Å². The van der Waals surface area contributed by atoms with E-state index in [0.717, 1.165) is 17.8 Å². The van der Waals surface area contributed by atoms with Gasteiger partial charge in [0.05, 0.1) is 17.1 Å². The van der Waals surface area contributed by atoms with Crippen molar-refractivity contribution in [1.82, 2.24) is 15.2 Å². The summed E-state index contributed by atoms with van der Waals surface area (Å²) in [5.41, 5.74) is 1.51. The topological polar surface area (TPSA) is 94.1 Å². The van der Waals surface area contributed by atoms with Gasteiger partial charge >= 0.3 is 6.18 Å². The van der Waals surface area contributed by atoms with Crippen molar-refractivity contribution in [2.75, 3.05) is 11.3 Å². The highest BCUT2D eigenvalue weighted by atomic mass is 32.2. The molecular weight excluding hydrogens is 517 g/mol. The molecule has 2 aromatic heterocycles. The predicted molar refractivity (Wildman–Crippen MR) is 135 cm³/mol. The molecule has 38 heavy (non-hydrogen) atoms. The molecule has 11 heteroatoms. The summed E-state index contributed by atoms with van der Waals surface area (Å²) in [6.45, 7) is 3.98. The molecule has 0 radical (unpaired) electrons. The summed E-state index contributed by atoms with van der Waals surface area (Å²) in [5, 5.41) is 7.42. The number of halogens is 3. The summed E-state index contributed by atoms with van der Waals surface area (Å²) in [5.74, 6) is 0.408. The lowest BCUT2D eigenvalue weighted by Gasteiger charge is -2.38. The van der Waals surface area contributed by atoms with Crippen LogP contribution in [0.4, 0.5) is 19.0 Å². The highest BCUT2D eigenvalue weighted by Crippen LogP contribution is 2.48. The van der Waals surface area contributed by atoms with Crippen LogP contribution in [0.5, 0.6) is 5.75 Å². The molecule has 1 N–H and O–H groups in total. The highest BCUT2D eigenvalue weighted by Gasteiger charge is 2.39. The maximum absolute atomic E-state index is 13.7. The normalized spacial score (nSPS) is 17.4. The number of pyridine rings is 1. The molecule has 0 spiro atoms. The average Bonchev–Trinajstić information content (AvgIpc) is 2.88. The average molecular weight is 541 g/mol. The number of fused-ring (bicyclic) bond motifs is 1. The van der Waals surface area contributed by atoms with Crippen molar-refractivity contribution in [3.63, 3.8) is 0 Å². The third-order valence-electron chi connectivity index (χ3n) is 6.69. The highest BCUT2D eigenvalue weighted by molar-refractivity contribution is 7.92. The van der Waals surface area contributed by atoms with Crippen LogP contribution < -0.4 is 9.46 Å². The minimum absolute atomic E-state index is 0.0402. The first-order valence-corrected chi connectivity index (χ1v) is 13.2. The van der Waals surface area contributed by atoms with E-state index in [0.29, 0.717) is 34.4 Å². The Hall–Kier alpha value is -3.99. The molecule has 0 saturated heterocycles. The maximum atomic E-state index is 13.7. The summed E-state index contributed by atoms with van der Waals surface area (Å²) in [7, 11) is -3.99. The lowest BCUT2D eigenvalue weighted by atomic mass is 9.70. The summed E-state index contributed by atoms with van der Waals surface area (Å²) < 4.78 is 75.2. The van der Waals surface area contributed by atoms with Crippen LogP contribution in [0, 0.1) is 6.92 Å². The number of hydrogen-bond donors (Lipinski definition) is 1. The first-order chi connectivity index (χ1) is 18.0. The number of sulfonamides is 1. The van der Waals surface area contributed by atoms with Crippen molar-refractivity contribution in [3.8, 4) is 16.9 Å². The van der Waals surface area contributed by atoms with Gasteiger partial charge in [0.25, 0.3) is 10.0 Å². The molecule has 1 aliphatic rings. The largest absolute Gasteiger partial charge is 0.493 e. The molecule has 0 amide bonds. The van der Waals surface area contributed by atoms with Gasteiger partial charge in [-0.3, -0.25) is 9.71 Å². The van der Waals surface area contributed by atoms with Crippen molar-refractivity contribution in [1.29, 1.82) is 0 Å². The molecule has 1 unspecified atom stereocenters. The van der Waals surface area contributed by atoms with Gasteiger partial charge in [-0.1, -0.05) is 25.1 Å².